The number of carbonyl (C=O) groups is 1. The Bertz CT molecular complexity index is 606. The topological polar surface area (TPSA) is 72.6 Å². The minimum absolute atomic E-state index is 0.00477. The van der Waals surface area contributed by atoms with E-state index in [1.807, 2.05) is 0 Å². The van der Waals surface area contributed by atoms with Crippen molar-refractivity contribution in [3.05, 3.63) is 34.5 Å². The van der Waals surface area contributed by atoms with E-state index in [2.05, 4.69) is 5.16 Å². The summed E-state index contributed by atoms with van der Waals surface area (Å²) in [7, 11) is 1.48. The predicted molar refractivity (Wildman–Crippen MR) is 65.2 cm³/mol. The third kappa shape index (κ3) is 1.93. The van der Waals surface area contributed by atoms with E-state index >= 15 is 0 Å². The van der Waals surface area contributed by atoms with Gasteiger partial charge in [-0.05, 0) is 13.0 Å². The summed E-state index contributed by atoms with van der Waals surface area (Å²) in [4.78, 5) is 11.2. The van der Waals surface area contributed by atoms with Crippen LogP contribution in [0, 0.1) is 6.92 Å². The molecule has 6 heteroatoms. The van der Waals surface area contributed by atoms with E-state index < -0.39 is 5.97 Å². The van der Waals surface area contributed by atoms with Crippen molar-refractivity contribution < 1.29 is 19.2 Å². The maximum atomic E-state index is 11.2. The van der Waals surface area contributed by atoms with Crippen LogP contribution in [0.5, 0.6) is 5.75 Å². The molecule has 0 fully saturated rings. The zero-order chi connectivity index (χ0) is 13.3. The van der Waals surface area contributed by atoms with Gasteiger partial charge in [-0.25, -0.2) is 4.79 Å². The molecule has 0 aliphatic heterocycles. The molecule has 94 valence electrons. The van der Waals surface area contributed by atoms with Crippen molar-refractivity contribution >= 4 is 17.6 Å². The average molecular weight is 268 g/mol. The number of ether oxygens (including phenoxy) is 1. The Hall–Kier alpha value is -2.01. The van der Waals surface area contributed by atoms with Crippen LogP contribution in [0.1, 0.15) is 16.1 Å². The van der Waals surface area contributed by atoms with Crippen LogP contribution in [0.4, 0.5) is 0 Å². The Labute approximate surface area is 108 Å². The Balaban J connectivity index is 2.66. The minimum atomic E-state index is -1.11. The summed E-state index contributed by atoms with van der Waals surface area (Å²) >= 11 is 6.13. The molecular weight excluding hydrogens is 258 g/mol. The van der Waals surface area contributed by atoms with Crippen molar-refractivity contribution in [2.75, 3.05) is 7.11 Å². The van der Waals surface area contributed by atoms with Gasteiger partial charge in [0.05, 0.1) is 12.1 Å². The van der Waals surface area contributed by atoms with E-state index in [-0.39, 0.29) is 17.0 Å². The molecule has 0 unspecified atom stereocenters. The third-order valence-corrected chi connectivity index (χ3v) is 2.90. The van der Waals surface area contributed by atoms with Crippen LogP contribution in [-0.4, -0.2) is 23.3 Å². The van der Waals surface area contributed by atoms with Crippen molar-refractivity contribution in [3.63, 3.8) is 0 Å². The molecule has 0 spiro atoms. The number of methoxy groups -OCH3 is 1. The lowest BCUT2D eigenvalue weighted by Crippen LogP contribution is -1.99. The lowest BCUT2D eigenvalue weighted by Gasteiger charge is -2.06. The summed E-state index contributed by atoms with van der Waals surface area (Å²) in [5, 5.41) is 13.2. The molecule has 1 N–H and O–H groups in total. The van der Waals surface area contributed by atoms with Crippen LogP contribution in [0.2, 0.25) is 5.02 Å². The SMILES string of the molecule is COc1cccc(-c2noc(C)c2C(=O)O)c1Cl. The molecule has 0 atom stereocenters. The van der Waals surface area contributed by atoms with Crippen LogP contribution >= 0.6 is 11.6 Å². The van der Waals surface area contributed by atoms with Crippen LogP contribution in [0.15, 0.2) is 22.7 Å². The molecule has 18 heavy (non-hydrogen) atoms. The van der Waals surface area contributed by atoms with Gasteiger partial charge in [0.1, 0.15) is 22.8 Å². The van der Waals surface area contributed by atoms with Crippen LogP contribution < -0.4 is 4.74 Å². The summed E-state index contributed by atoms with van der Waals surface area (Å²) < 4.78 is 9.99. The van der Waals surface area contributed by atoms with Gasteiger partial charge in [0, 0.05) is 5.56 Å². The first-order valence-corrected chi connectivity index (χ1v) is 5.46. The number of aromatic nitrogens is 1. The first-order valence-electron chi connectivity index (χ1n) is 5.08. The summed E-state index contributed by atoms with van der Waals surface area (Å²) in [5.74, 6) is -0.426. The third-order valence-electron chi connectivity index (χ3n) is 2.51. The van der Waals surface area contributed by atoms with E-state index in [9.17, 15) is 4.79 Å². The summed E-state index contributed by atoms with van der Waals surface area (Å²) in [6, 6.07) is 5.05. The number of carboxylic acids is 1. The molecule has 1 aromatic heterocycles. The molecule has 2 rings (SSSR count). The van der Waals surface area contributed by atoms with Crippen molar-refractivity contribution in [1.29, 1.82) is 0 Å². The lowest BCUT2D eigenvalue weighted by atomic mass is 10.1. The zero-order valence-electron chi connectivity index (χ0n) is 9.73. The molecule has 5 nitrogen and oxygen atoms in total. The second kappa shape index (κ2) is 4.70. The molecule has 0 amide bonds. The molecule has 0 bridgehead atoms. The van der Waals surface area contributed by atoms with E-state index in [1.54, 1.807) is 18.2 Å². The molecule has 1 aromatic carbocycles. The van der Waals surface area contributed by atoms with Crippen molar-refractivity contribution in [2.45, 2.75) is 6.92 Å². The number of nitrogens with zero attached hydrogens (tertiary/aromatic N) is 1. The van der Waals surface area contributed by atoms with E-state index in [0.717, 1.165) is 0 Å². The molecule has 0 radical (unpaired) electrons. The summed E-state index contributed by atoms with van der Waals surface area (Å²) in [5.41, 5.74) is 0.666. The first kappa shape index (κ1) is 12.4. The molecule has 0 aliphatic rings. The van der Waals surface area contributed by atoms with Crippen molar-refractivity contribution in [2.24, 2.45) is 0 Å². The van der Waals surface area contributed by atoms with Gasteiger partial charge in [0.15, 0.2) is 0 Å². The van der Waals surface area contributed by atoms with E-state index in [1.165, 1.54) is 14.0 Å². The van der Waals surface area contributed by atoms with Gasteiger partial charge in [0.25, 0.3) is 0 Å². The van der Waals surface area contributed by atoms with Gasteiger partial charge in [-0.3, -0.25) is 0 Å². The first-order chi connectivity index (χ1) is 8.56. The molecular formula is C12H10ClNO4. The quantitative estimate of drug-likeness (QED) is 0.925. The maximum Gasteiger partial charge on any atom is 0.341 e. The normalized spacial score (nSPS) is 10.4. The van der Waals surface area contributed by atoms with Crippen LogP contribution in [0.25, 0.3) is 11.3 Å². The molecule has 0 saturated heterocycles. The summed E-state index contributed by atoms with van der Waals surface area (Å²) in [6.45, 7) is 1.54. The Morgan fingerprint density at radius 3 is 2.83 bits per heavy atom. The maximum absolute atomic E-state index is 11.2. The highest BCUT2D eigenvalue weighted by Crippen LogP contribution is 2.36. The van der Waals surface area contributed by atoms with Gasteiger partial charge in [-0.2, -0.15) is 0 Å². The second-order valence-corrected chi connectivity index (χ2v) is 3.97. The van der Waals surface area contributed by atoms with Gasteiger partial charge in [-0.15, -0.1) is 0 Å². The van der Waals surface area contributed by atoms with Crippen LogP contribution in [0.3, 0.4) is 0 Å². The van der Waals surface area contributed by atoms with Gasteiger partial charge < -0.3 is 14.4 Å². The highest BCUT2D eigenvalue weighted by molar-refractivity contribution is 6.35. The number of aromatic carboxylic acids is 1. The van der Waals surface area contributed by atoms with E-state index in [0.29, 0.717) is 16.3 Å². The lowest BCUT2D eigenvalue weighted by molar-refractivity contribution is 0.0696. The molecule has 0 aliphatic carbocycles. The second-order valence-electron chi connectivity index (χ2n) is 3.59. The van der Waals surface area contributed by atoms with Gasteiger partial charge in [0.2, 0.25) is 0 Å². The fraction of sp³-hybridized carbons (Fsp3) is 0.167. The number of hydrogen-bond acceptors (Lipinski definition) is 4. The number of benzene rings is 1. The van der Waals surface area contributed by atoms with Gasteiger partial charge >= 0.3 is 5.97 Å². The monoisotopic (exact) mass is 267 g/mol. The average Bonchev–Trinajstić information content (AvgIpc) is 2.71. The number of rotatable bonds is 3. The predicted octanol–water partition coefficient (Wildman–Crippen LogP) is 3.01. The van der Waals surface area contributed by atoms with Crippen molar-refractivity contribution in [3.8, 4) is 17.0 Å². The Morgan fingerprint density at radius 1 is 1.50 bits per heavy atom. The molecule has 0 saturated carbocycles. The number of hydrogen-bond donors (Lipinski definition) is 1. The number of carboxylic acid groups (broad SMARTS) is 1. The highest BCUT2D eigenvalue weighted by atomic mass is 35.5. The smallest absolute Gasteiger partial charge is 0.341 e. The van der Waals surface area contributed by atoms with E-state index in [4.69, 9.17) is 26.0 Å². The minimum Gasteiger partial charge on any atom is -0.495 e. The number of halogens is 1. The highest BCUT2D eigenvalue weighted by Gasteiger charge is 2.23. The standard InChI is InChI=1S/C12H10ClNO4/c1-6-9(12(15)16)11(14-18-6)7-4-3-5-8(17-2)10(7)13/h3-5H,1-2H3,(H,15,16). The fourth-order valence-electron chi connectivity index (χ4n) is 1.66. The van der Waals surface area contributed by atoms with Gasteiger partial charge in [-0.1, -0.05) is 28.9 Å². The van der Waals surface area contributed by atoms with Crippen molar-refractivity contribution in [1.82, 2.24) is 5.16 Å². The Morgan fingerprint density at radius 2 is 2.22 bits per heavy atom. The largest absolute Gasteiger partial charge is 0.495 e. The molecule has 1 heterocycles. The zero-order valence-corrected chi connectivity index (χ0v) is 10.5. The fourth-order valence-corrected chi connectivity index (χ4v) is 1.95. The summed E-state index contributed by atoms with van der Waals surface area (Å²) in [6.07, 6.45) is 0. The number of aryl methyl sites for hydroxylation is 1. The van der Waals surface area contributed by atoms with Crippen LogP contribution in [-0.2, 0) is 0 Å². The molecule has 2 aromatic rings. The Kier molecular flexibility index (Phi) is 3.25.